The molecular weight excluding hydrogens is 278 g/mol. The first-order chi connectivity index (χ1) is 7.58. The molecule has 1 unspecified atom stereocenters. The smallest absolute Gasteiger partial charge is 0.328 e. The number of nitrogens with one attached hydrogen (secondary N) is 1. The number of ether oxygens (including phenoxy) is 2. The van der Waals surface area contributed by atoms with Gasteiger partial charge in [0, 0.05) is 0 Å². The average Bonchev–Trinajstić information content (AvgIpc) is 2.30. The Bertz CT molecular complexity index is 386. The second kappa shape index (κ2) is 5.64. The number of nitrogens with zero attached hydrogens (tertiary/aromatic N) is 2. The van der Waals surface area contributed by atoms with E-state index in [9.17, 15) is 4.79 Å². The zero-order valence-corrected chi connectivity index (χ0v) is 10.7. The normalized spacial score (nSPS) is 11.8. The molecule has 0 bridgehead atoms. The van der Waals surface area contributed by atoms with Crippen LogP contribution in [-0.4, -0.2) is 36.2 Å². The average molecular weight is 290 g/mol. The van der Waals surface area contributed by atoms with Crippen LogP contribution in [0.25, 0.3) is 0 Å². The molecular formula is C9H12BrN3O3. The Morgan fingerprint density at radius 3 is 2.81 bits per heavy atom. The Balaban J connectivity index is 2.78. The molecule has 7 heteroatoms. The summed E-state index contributed by atoms with van der Waals surface area (Å²) in [5.41, 5.74) is 0. The minimum absolute atomic E-state index is 0.304. The van der Waals surface area contributed by atoms with Gasteiger partial charge < -0.3 is 14.8 Å². The molecule has 1 atom stereocenters. The van der Waals surface area contributed by atoms with E-state index in [0.29, 0.717) is 16.3 Å². The zero-order valence-electron chi connectivity index (χ0n) is 9.15. The van der Waals surface area contributed by atoms with Gasteiger partial charge in [-0.2, -0.15) is 4.98 Å². The van der Waals surface area contributed by atoms with Crippen LogP contribution >= 0.6 is 15.9 Å². The van der Waals surface area contributed by atoms with Crippen molar-refractivity contribution in [1.29, 1.82) is 0 Å². The number of hydrogen-bond donors (Lipinski definition) is 1. The van der Waals surface area contributed by atoms with Crippen molar-refractivity contribution in [1.82, 2.24) is 9.97 Å². The molecule has 1 N–H and O–H groups in total. The van der Waals surface area contributed by atoms with Crippen molar-refractivity contribution in [3.05, 3.63) is 10.7 Å². The third kappa shape index (κ3) is 3.06. The van der Waals surface area contributed by atoms with Crippen molar-refractivity contribution in [2.45, 2.75) is 13.0 Å². The maximum Gasteiger partial charge on any atom is 0.328 e. The van der Waals surface area contributed by atoms with Crippen LogP contribution in [0.1, 0.15) is 6.92 Å². The number of methoxy groups -OCH3 is 2. The first-order valence-corrected chi connectivity index (χ1v) is 5.28. The van der Waals surface area contributed by atoms with E-state index in [1.165, 1.54) is 20.4 Å². The zero-order chi connectivity index (χ0) is 12.1. The van der Waals surface area contributed by atoms with E-state index >= 15 is 0 Å². The standard InChI is InChI=1S/C9H12BrN3O3/c1-5(8(14)16-3)12-9-11-4-6(10)7(13-9)15-2/h4-5H,1-3H3,(H,11,12,13). The number of carbonyl (C=O) groups is 1. The molecule has 16 heavy (non-hydrogen) atoms. The van der Waals surface area contributed by atoms with Crippen molar-refractivity contribution in [2.75, 3.05) is 19.5 Å². The van der Waals surface area contributed by atoms with E-state index in [-0.39, 0.29) is 5.97 Å². The van der Waals surface area contributed by atoms with Gasteiger partial charge in [0.15, 0.2) is 0 Å². The first-order valence-electron chi connectivity index (χ1n) is 4.49. The van der Waals surface area contributed by atoms with Gasteiger partial charge >= 0.3 is 5.97 Å². The highest BCUT2D eigenvalue weighted by molar-refractivity contribution is 9.10. The number of esters is 1. The summed E-state index contributed by atoms with van der Waals surface area (Å²) >= 11 is 3.23. The molecule has 1 rings (SSSR count). The highest BCUT2D eigenvalue weighted by Crippen LogP contribution is 2.21. The van der Waals surface area contributed by atoms with Gasteiger partial charge in [0.2, 0.25) is 11.8 Å². The molecule has 0 amide bonds. The summed E-state index contributed by atoms with van der Waals surface area (Å²) in [6, 6.07) is -0.518. The van der Waals surface area contributed by atoms with Crippen LogP contribution in [0.2, 0.25) is 0 Å². The minimum atomic E-state index is -0.518. The van der Waals surface area contributed by atoms with E-state index in [4.69, 9.17) is 4.74 Å². The second-order valence-electron chi connectivity index (χ2n) is 2.94. The van der Waals surface area contributed by atoms with Crippen LogP contribution in [0.15, 0.2) is 10.7 Å². The lowest BCUT2D eigenvalue weighted by Gasteiger charge is -2.11. The van der Waals surface area contributed by atoms with E-state index in [1.807, 2.05) is 0 Å². The van der Waals surface area contributed by atoms with Gasteiger partial charge in [0.05, 0.1) is 24.9 Å². The van der Waals surface area contributed by atoms with E-state index in [1.54, 1.807) is 6.92 Å². The maximum absolute atomic E-state index is 11.2. The molecule has 0 aliphatic carbocycles. The SMILES string of the molecule is COC(=O)C(C)Nc1ncc(Br)c(OC)n1. The minimum Gasteiger partial charge on any atom is -0.480 e. The Hall–Kier alpha value is -1.37. The Kier molecular flexibility index (Phi) is 4.48. The topological polar surface area (TPSA) is 73.3 Å². The highest BCUT2D eigenvalue weighted by Gasteiger charge is 2.14. The van der Waals surface area contributed by atoms with Crippen LogP contribution in [-0.2, 0) is 9.53 Å². The molecule has 0 radical (unpaired) electrons. The van der Waals surface area contributed by atoms with Gasteiger partial charge in [-0.1, -0.05) is 0 Å². The summed E-state index contributed by atoms with van der Waals surface area (Å²) in [6.07, 6.45) is 1.54. The first kappa shape index (κ1) is 12.7. The summed E-state index contributed by atoms with van der Waals surface area (Å²) in [7, 11) is 2.82. The number of rotatable bonds is 4. The molecule has 0 aliphatic heterocycles. The van der Waals surface area contributed by atoms with Gasteiger partial charge in [0.1, 0.15) is 6.04 Å². The summed E-state index contributed by atoms with van der Waals surface area (Å²) < 4.78 is 10.2. The third-order valence-electron chi connectivity index (χ3n) is 1.81. The predicted molar refractivity (Wildman–Crippen MR) is 61.4 cm³/mol. The van der Waals surface area contributed by atoms with Crippen LogP contribution in [0, 0.1) is 0 Å². The van der Waals surface area contributed by atoms with Gasteiger partial charge in [-0.25, -0.2) is 9.78 Å². The summed E-state index contributed by atoms with van der Waals surface area (Å²) in [5, 5.41) is 2.80. The van der Waals surface area contributed by atoms with Crippen molar-refractivity contribution < 1.29 is 14.3 Å². The van der Waals surface area contributed by atoms with E-state index in [2.05, 4.69) is 36.0 Å². The Labute approximate surface area is 102 Å². The van der Waals surface area contributed by atoms with Gasteiger partial charge in [0.25, 0.3) is 0 Å². The van der Waals surface area contributed by atoms with Crippen molar-refractivity contribution >= 4 is 27.8 Å². The molecule has 1 aromatic heterocycles. The van der Waals surface area contributed by atoms with Gasteiger partial charge in [-0.05, 0) is 22.9 Å². The molecule has 0 saturated carbocycles. The highest BCUT2D eigenvalue weighted by atomic mass is 79.9. The lowest BCUT2D eigenvalue weighted by Crippen LogP contribution is -2.28. The van der Waals surface area contributed by atoms with Crippen LogP contribution in [0.3, 0.4) is 0 Å². The third-order valence-corrected chi connectivity index (χ3v) is 2.35. The van der Waals surface area contributed by atoms with Gasteiger partial charge in [-0.3, -0.25) is 0 Å². The van der Waals surface area contributed by atoms with E-state index in [0.717, 1.165) is 0 Å². The molecule has 0 aliphatic rings. The Morgan fingerprint density at radius 2 is 2.25 bits per heavy atom. The fourth-order valence-corrected chi connectivity index (χ4v) is 1.35. The predicted octanol–water partition coefficient (Wildman–Crippen LogP) is 1.22. The summed E-state index contributed by atoms with van der Waals surface area (Å²) in [5.74, 6) is 0.318. The molecule has 0 aromatic carbocycles. The van der Waals surface area contributed by atoms with Crippen LogP contribution in [0.5, 0.6) is 5.88 Å². The second-order valence-corrected chi connectivity index (χ2v) is 3.79. The maximum atomic E-state index is 11.2. The summed E-state index contributed by atoms with van der Waals surface area (Å²) in [6.45, 7) is 1.66. The fraction of sp³-hybridized carbons (Fsp3) is 0.444. The lowest BCUT2D eigenvalue weighted by molar-refractivity contribution is -0.141. The Morgan fingerprint density at radius 1 is 1.56 bits per heavy atom. The number of halogens is 1. The molecule has 0 fully saturated rings. The van der Waals surface area contributed by atoms with Crippen molar-refractivity contribution in [2.24, 2.45) is 0 Å². The molecule has 88 valence electrons. The monoisotopic (exact) mass is 289 g/mol. The molecule has 6 nitrogen and oxygen atoms in total. The molecule has 1 heterocycles. The molecule has 1 aromatic rings. The quantitative estimate of drug-likeness (QED) is 0.841. The van der Waals surface area contributed by atoms with E-state index < -0.39 is 6.04 Å². The van der Waals surface area contributed by atoms with Gasteiger partial charge in [-0.15, -0.1) is 0 Å². The van der Waals surface area contributed by atoms with Crippen LogP contribution in [0.4, 0.5) is 5.95 Å². The molecule has 0 saturated heterocycles. The largest absolute Gasteiger partial charge is 0.480 e. The molecule has 0 spiro atoms. The lowest BCUT2D eigenvalue weighted by atomic mass is 10.3. The number of anilines is 1. The number of hydrogen-bond acceptors (Lipinski definition) is 6. The van der Waals surface area contributed by atoms with Crippen LogP contribution < -0.4 is 10.1 Å². The summed E-state index contributed by atoms with van der Waals surface area (Å²) in [4.78, 5) is 19.2. The number of carbonyl (C=O) groups excluding carboxylic acids is 1. The number of aromatic nitrogens is 2. The fourth-order valence-electron chi connectivity index (χ4n) is 0.994. The van der Waals surface area contributed by atoms with Crippen molar-refractivity contribution in [3.8, 4) is 5.88 Å². The van der Waals surface area contributed by atoms with Crippen molar-refractivity contribution in [3.63, 3.8) is 0 Å².